The van der Waals surface area contributed by atoms with Crippen LogP contribution < -0.4 is 0 Å². The van der Waals surface area contributed by atoms with Gasteiger partial charge in [-0.25, -0.2) is 15.0 Å². The number of aryl methyl sites for hydroxylation is 3. The van der Waals surface area contributed by atoms with Crippen LogP contribution in [0.15, 0.2) is 12.3 Å². The van der Waals surface area contributed by atoms with Crippen LogP contribution in [0.25, 0.3) is 11.2 Å². The first-order valence-corrected chi connectivity index (χ1v) is 6.87. The average molecular weight is 291 g/mol. The molecule has 0 aliphatic carbocycles. The zero-order valence-corrected chi connectivity index (χ0v) is 12.4. The molecule has 0 saturated carbocycles. The first-order chi connectivity index (χ1) is 9.60. The topological polar surface area (TPSA) is 61.4 Å². The monoisotopic (exact) mass is 290 g/mol. The predicted molar refractivity (Wildman–Crippen MR) is 76.7 cm³/mol. The maximum absolute atomic E-state index is 6.02. The van der Waals surface area contributed by atoms with Crippen molar-refractivity contribution in [2.75, 3.05) is 0 Å². The number of hydrogen-bond donors (Lipinski definition) is 0. The van der Waals surface area contributed by atoms with E-state index >= 15 is 0 Å². The van der Waals surface area contributed by atoms with Gasteiger partial charge in [0.05, 0.1) is 23.8 Å². The molecule has 0 aliphatic rings. The van der Waals surface area contributed by atoms with Gasteiger partial charge in [0.15, 0.2) is 5.65 Å². The number of rotatable bonds is 3. The zero-order valence-electron chi connectivity index (χ0n) is 11.6. The number of hydrogen-bond acceptors (Lipinski definition) is 4. The Morgan fingerprint density at radius 1 is 1.25 bits per heavy atom. The van der Waals surface area contributed by atoms with Gasteiger partial charge in [0.1, 0.15) is 17.2 Å². The minimum Gasteiger partial charge on any atom is -0.306 e. The third-order valence-electron chi connectivity index (χ3n) is 3.24. The number of aromatic nitrogens is 6. The van der Waals surface area contributed by atoms with Crippen molar-refractivity contribution >= 4 is 22.8 Å². The van der Waals surface area contributed by atoms with Crippen molar-refractivity contribution in [2.45, 2.75) is 26.3 Å². The lowest BCUT2D eigenvalue weighted by atomic mass is 10.3. The maximum atomic E-state index is 6.02. The molecule has 0 bridgehead atoms. The molecule has 0 radical (unpaired) electrons. The first kappa shape index (κ1) is 13.1. The summed E-state index contributed by atoms with van der Waals surface area (Å²) in [6, 6.07) is 1.90. The third-order valence-corrected chi connectivity index (χ3v) is 3.48. The Morgan fingerprint density at radius 3 is 2.75 bits per heavy atom. The lowest BCUT2D eigenvalue weighted by Crippen LogP contribution is -2.09. The largest absolute Gasteiger partial charge is 0.306 e. The number of alkyl halides is 1. The van der Waals surface area contributed by atoms with E-state index < -0.39 is 0 Å². The standard InChI is InChI=1S/C13H15ClN6/c1-8-12-13(19(3)18-8)20(11(6-14)17-12)7-10-4-5-15-9(2)16-10/h4-5H,6-7H2,1-3H3. The molecule has 0 N–H and O–H groups in total. The van der Waals surface area contributed by atoms with Gasteiger partial charge in [-0.05, 0) is 19.9 Å². The predicted octanol–water partition coefficient (Wildman–Crippen LogP) is 1.96. The normalized spacial score (nSPS) is 11.4. The summed E-state index contributed by atoms with van der Waals surface area (Å²) in [5.41, 5.74) is 3.71. The van der Waals surface area contributed by atoms with E-state index in [1.54, 1.807) is 6.20 Å². The highest BCUT2D eigenvalue weighted by molar-refractivity contribution is 6.16. The molecule has 6 nitrogen and oxygen atoms in total. The highest BCUT2D eigenvalue weighted by atomic mass is 35.5. The van der Waals surface area contributed by atoms with Crippen LogP contribution in [0.5, 0.6) is 0 Å². The van der Waals surface area contributed by atoms with Gasteiger partial charge in [0.2, 0.25) is 0 Å². The van der Waals surface area contributed by atoms with E-state index in [9.17, 15) is 0 Å². The minimum absolute atomic E-state index is 0.359. The van der Waals surface area contributed by atoms with Gasteiger partial charge in [0, 0.05) is 13.2 Å². The van der Waals surface area contributed by atoms with Crippen molar-refractivity contribution in [3.8, 4) is 0 Å². The number of nitrogens with zero attached hydrogens (tertiary/aromatic N) is 6. The SMILES string of the molecule is Cc1nccc(Cn2c(CCl)nc3c(C)nn(C)c32)n1. The van der Waals surface area contributed by atoms with E-state index in [1.807, 2.05) is 31.6 Å². The Bertz CT molecular complexity index is 773. The number of imidazole rings is 1. The number of fused-ring (bicyclic) bond motifs is 1. The lowest BCUT2D eigenvalue weighted by molar-refractivity contribution is 0.690. The van der Waals surface area contributed by atoms with Crippen LogP contribution in [0.1, 0.15) is 23.0 Å². The molecule has 0 fully saturated rings. The fourth-order valence-corrected chi connectivity index (χ4v) is 2.61. The third kappa shape index (κ3) is 2.06. The summed E-state index contributed by atoms with van der Waals surface area (Å²) in [6.45, 7) is 4.44. The molecule has 0 unspecified atom stereocenters. The number of halogens is 1. The molecule has 0 aromatic carbocycles. The molecular formula is C13H15ClN6. The molecule has 3 heterocycles. The van der Waals surface area contributed by atoms with E-state index in [2.05, 4.69) is 24.6 Å². The van der Waals surface area contributed by atoms with Gasteiger partial charge in [0.25, 0.3) is 0 Å². The van der Waals surface area contributed by atoms with Gasteiger partial charge >= 0.3 is 0 Å². The molecule has 7 heteroatoms. The van der Waals surface area contributed by atoms with Crippen molar-refractivity contribution < 1.29 is 0 Å². The minimum atomic E-state index is 0.359. The summed E-state index contributed by atoms with van der Waals surface area (Å²) < 4.78 is 3.89. The van der Waals surface area contributed by atoms with Crippen molar-refractivity contribution in [3.05, 3.63) is 35.3 Å². The Morgan fingerprint density at radius 2 is 2.05 bits per heavy atom. The van der Waals surface area contributed by atoms with Crippen LogP contribution in [0.3, 0.4) is 0 Å². The first-order valence-electron chi connectivity index (χ1n) is 6.33. The molecule has 0 amide bonds. The summed E-state index contributed by atoms with van der Waals surface area (Å²) in [4.78, 5) is 13.1. The average Bonchev–Trinajstić information content (AvgIpc) is 2.89. The van der Waals surface area contributed by atoms with E-state index in [4.69, 9.17) is 11.6 Å². The molecule has 3 aromatic heterocycles. The van der Waals surface area contributed by atoms with Gasteiger partial charge in [-0.15, -0.1) is 11.6 Å². The van der Waals surface area contributed by atoms with E-state index in [0.29, 0.717) is 12.4 Å². The van der Waals surface area contributed by atoms with E-state index in [1.165, 1.54) is 0 Å². The quantitative estimate of drug-likeness (QED) is 0.692. The molecular weight excluding hydrogens is 276 g/mol. The van der Waals surface area contributed by atoms with Gasteiger partial charge in [-0.2, -0.15) is 5.10 Å². The summed E-state index contributed by atoms with van der Waals surface area (Å²) in [5, 5.41) is 4.40. The van der Waals surface area contributed by atoms with Crippen molar-refractivity contribution in [3.63, 3.8) is 0 Å². The van der Waals surface area contributed by atoms with Crippen LogP contribution in [0.4, 0.5) is 0 Å². The van der Waals surface area contributed by atoms with Crippen LogP contribution in [-0.4, -0.2) is 29.3 Å². The Hall–Kier alpha value is -1.95. The lowest BCUT2D eigenvalue weighted by Gasteiger charge is -2.08. The molecule has 3 rings (SSSR count). The van der Waals surface area contributed by atoms with Crippen molar-refractivity contribution in [2.24, 2.45) is 7.05 Å². The maximum Gasteiger partial charge on any atom is 0.159 e. The van der Waals surface area contributed by atoms with Gasteiger partial charge < -0.3 is 4.57 Å². The summed E-state index contributed by atoms with van der Waals surface area (Å²) in [7, 11) is 1.91. The zero-order chi connectivity index (χ0) is 14.3. The summed E-state index contributed by atoms with van der Waals surface area (Å²) in [5.74, 6) is 1.94. The fourth-order valence-electron chi connectivity index (χ4n) is 2.40. The molecule has 20 heavy (non-hydrogen) atoms. The van der Waals surface area contributed by atoms with Crippen molar-refractivity contribution in [1.29, 1.82) is 0 Å². The molecule has 104 valence electrons. The van der Waals surface area contributed by atoms with Crippen LogP contribution in [0, 0.1) is 13.8 Å². The van der Waals surface area contributed by atoms with Gasteiger partial charge in [-0.1, -0.05) is 0 Å². The Balaban J connectivity index is 2.14. The second kappa shape index (κ2) is 4.86. The Labute approximate surface area is 121 Å². The smallest absolute Gasteiger partial charge is 0.159 e. The summed E-state index contributed by atoms with van der Waals surface area (Å²) >= 11 is 6.02. The highest BCUT2D eigenvalue weighted by Crippen LogP contribution is 2.21. The van der Waals surface area contributed by atoms with Crippen LogP contribution in [-0.2, 0) is 19.5 Å². The second-order valence-corrected chi connectivity index (χ2v) is 4.99. The van der Waals surface area contributed by atoms with E-state index in [0.717, 1.165) is 34.2 Å². The second-order valence-electron chi connectivity index (χ2n) is 4.72. The van der Waals surface area contributed by atoms with Crippen LogP contribution in [0.2, 0.25) is 0 Å². The van der Waals surface area contributed by atoms with Crippen LogP contribution >= 0.6 is 11.6 Å². The fraction of sp³-hybridized carbons (Fsp3) is 0.385. The molecule has 0 saturated heterocycles. The molecule has 3 aromatic rings. The molecule has 0 spiro atoms. The Kier molecular flexibility index (Phi) is 3.17. The molecule has 0 aliphatic heterocycles. The highest BCUT2D eigenvalue weighted by Gasteiger charge is 2.17. The van der Waals surface area contributed by atoms with Crippen molar-refractivity contribution in [1.82, 2.24) is 29.3 Å². The van der Waals surface area contributed by atoms with E-state index in [-0.39, 0.29) is 0 Å². The molecule has 0 atom stereocenters. The summed E-state index contributed by atoms with van der Waals surface area (Å²) in [6.07, 6.45) is 1.76. The van der Waals surface area contributed by atoms with Gasteiger partial charge in [-0.3, -0.25) is 4.68 Å².